The number of hydrogen-bond acceptors (Lipinski definition) is 1. The van der Waals surface area contributed by atoms with Gasteiger partial charge in [0.1, 0.15) is 0 Å². The molecule has 1 aromatic rings. The Hall–Kier alpha value is -1.17. The van der Waals surface area contributed by atoms with Gasteiger partial charge >= 0.3 is 118 Å². The molecule has 1 rings (SSSR count). The fraction of sp³-hybridized carbons (Fsp3) is 0.571. The number of rotatable bonds is 13. The normalized spacial score (nSPS) is 10.5. The fourth-order valence-corrected chi connectivity index (χ4v) is 2.65. The fourth-order valence-electron chi connectivity index (χ4n) is 2.65. The molecule has 0 unspecified atom stereocenters. The van der Waals surface area contributed by atoms with Gasteiger partial charge in [0.05, 0.1) is 0 Å². The molecule has 1 heteroatoms. The zero-order valence-corrected chi connectivity index (χ0v) is 14.2. The Morgan fingerprint density at radius 3 is 1.95 bits per heavy atom. The van der Waals surface area contributed by atoms with E-state index in [1.54, 1.807) is 0 Å². The average Bonchev–Trinajstić information content (AvgIpc) is 2.57. The minimum atomic E-state index is 0.802. The molecule has 0 aliphatic rings. The molecular formula is C21H31N. The SMILES string of the molecule is [C+]#C[C-](NCCCCCCCCCCCC)c1ccccc1. The minimum absolute atomic E-state index is 0.802. The summed E-state index contributed by atoms with van der Waals surface area (Å²) in [4.78, 5) is 0. The number of hydrogen-bond donors (Lipinski definition) is 1. The van der Waals surface area contributed by atoms with Crippen LogP contribution in [-0.4, -0.2) is 6.54 Å². The van der Waals surface area contributed by atoms with Gasteiger partial charge in [0.15, 0.2) is 0 Å². The van der Waals surface area contributed by atoms with E-state index in [1.807, 2.05) is 30.3 Å². The van der Waals surface area contributed by atoms with E-state index in [-0.39, 0.29) is 0 Å². The summed E-state index contributed by atoms with van der Waals surface area (Å²) in [6.45, 7) is 3.21. The van der Waals surface area contributed by atoms with Crippen LogP contribution in [0.4, 0.5) is 0 Å². The van der Waals surface area contributed by atoms with Crippen LogP contribution in [0.1, 0.15) is 76.7 Å². The van der Waals surface area contributed by atoms with Crippen molar-refractivity contribution in [3.63, 3.8) is 0 Å². The Labute approximate surface area is 137 Å². The first-order valence-corrected chi connectivity index (χ1v) is 8.97. The predicted molar refractivity (Wildman–Crippen MR) is 95.8 cm³/mol. The maximum atomic E-state index is 7.39. The first kappa shape index (κ1) is 18.9. The van der Waals surface area contributed by atoms with Crippen LogP contribution >= 0.6 is 0 Å². The standard InChI is InChI=1S/C21H31N/c1-3-5-6-7-8-9-10-11-12-16-19-22-21(4-2)20-17-14-13-15-18-20/h13-15,17-18,22H,3,5-12,16,19H2,1H3. The second-order valence-corrected chi connectivity index (χ2v) is 5.97. The van der Waals surface area contributed by atoms with E-state index in [9.17, 15) is 0 Å². The monoisotopic (exact) mass is 297 g/mol. The van der Waals surface area contributed by atoms with Gasteiger partial charge < -0.3 is 0 Å². The Kier molecular flexibility index (Phi) is 11.6. The second-order valence-electron chi connectivity index (χ2n) is 5.97. The molecule has 0 spiro atoms. The van der Waals surface area contributed by atoms with Crippen molar-refractivity contribution < 1.29 is 0 Å². The molecule has 1 N–H and O–H groups in total. The molecule has 0 saturated carbocycles. The molecule has 120 valence electrons. The molecule has 0 fully saturated rings. The van der Waals surface area contributed by atoms with Crippen LogP contribution in [0.3, 0.4) is 0 Å². The second kappa shape index (κ2) is 13.5. The summed E-state index contributed by atoms with van der Waals surface area (Å²) in [5.74, 6) is 2.51. The molecular weight excluding hydrogens is 266 g/mol. The summed E-state index contributed by atoms with van der Waals surface area (Å²) < 4.78 is 0. The van der Waals surface area contributed by atoms with Gasteiger partial charge in [0.2, 0.25) is 0 Å². The summed E-state index contributed by atoms with van der Waals surface area (Å²) in [6.07, 6.45) is 20.9. The Morgan fingerprint density at radius 1 is 0.864 bits per heavy atom. The van der Waals surface area contributed by atoms with E-state index in [4.69, 9.17) is 6.42 Å². The van der Waals surface area contributed by atoms with Crippen molar-refractivity contribution in [3.05, 3.63) is 48.4 Å². The van der Waals surface area contributed by atoms with Crippen LogP contribution in [0.5, 0.6) is 0 Å². The van der Waals surface area contributed by atoms with Gasteiger partial charge in [-0.3, -0.25) is 0 Å². The molecule has 0 aromatic heterocycles. The quantitative estimate of drug-likeness (QED) is 0.281. The van der Waals surface area contributed by atoms with Crippen LogP contribution < -0.4 is 5.32 Å². The molecule has 1 nitrogen and oxygen atoms in total. The summed E-state index contributed by atoms with van der Waals surface area (Å²) >= 11 is 0. The van der Waals surface area contributed by atoms with Crippen molar-refractivity contribution in [1.82, 2.24) is 5.32 Å². The first-order chi connectivity index (χ1) is 10.9. The van der Waals surface area contributed by atoms with Gasteiger partial charge in [-0.2, -0.15) is 0 Å². The Bertz CT molecular complexity index is 390. The number of nitrogens with one attached hydrogen (secondary N) is 1. The molecule has 0 heterocycles. The van der Waals surface area contributed by atoms with Crippen LogP contribution in [0.15, 0.2) is 30.3 Å². The zero-order valence-electron chi connectivity index (χ0n) is 14.2. The Balaban J connectivity index is 1.96. The van der Waals surface area contributed by atoms with Crippen molar-refractivity contribution in [2.24, 2.45) is 0 Å². The third-order valence-electron chi connectivity index (χ3n) is 4.02. The van der Waals surface area contributed by atoms with Crippen molar-refractivity contribution >= 4 is 0 Å². The predicted octanol–water partition coefficient (Wildman–Crippen LogP) is 5.67. The summed E-state index contributed by atoms with van der Waals surface area (Å²) in [7, 11) is 0. The van der Waals surface area contributed by atoms with Gasteiger partial charge in [-0.15, -0.1) is 0 Å². The molecule has 0 aliphatic carbocycles. The van der Waals surface area contributed by atoms with E-state index < -0.39 is 0 Å². The molecule has 0 atom stereocenters. The number of benzene rings is 1. The third-order valence-corrected chi connectivity index (χ3v) is 4.02. The van der Waals surface area contributed by atoms with Crippen LogP contribution in [-0.2, 0) is 0 Å². The van der Waals surface area contributed by atoms with Crippen molar-refractivity contribution in [3.8, 4) is 5.92 Å². The van der Waals surface area contributed by atoms with E-state index in [0.717, 1.165) is 18.2 Å². The molecule has 0 radical (unpaired) electrons. The molecule has 0 saturated heterocycles. The van der Waals surface area contributed by atoms with Gasteiger partial charge in [0, 0.05) is 0 Å². The summed E-state index contributed by atoms with van der Waals surface area (Å²) in [6, 6.07) is 10.8. The third kappa shape index (κ3) is 8.97. The van der Waals surface area contributed by atoms with E-state index in [2.05, 4.69) is 18.2 Å². The Morgan fingerprint density at radius 2 is 1.41 bits per heavy atom. The number of unbranched alkanes of at least 4 members (excludes halogenated alkanes) is 9. The summed E-state index contributed by atoms with van der Waals surface area (Å²) in [5, 5.41) is 3.33. The average molecular weight is 297 g/mol. The van der Waals surface area contributed by atoms with Gasteiger partial charge in [-0.1, -0.05) is 19.8 Å². The molecule has 22 heavy (non-hydrogen) atoms. The van der Waals surface area contributed by atoms with Crippen LogP contribution in [0.25, 0.3) is 0 Å². The van der Waals surface area contributed by atoms with Crippen LogP contribution in [0.2, 0.25) is 0 Å². The topological polar surface area (TPSA) is 12.0 Å². The molecule has 1 aromatic carbocycles. The zero-order chi connectivity index (χ0) is 15.9. The summed E-state index contributed by atoms with van der Waals surface area (Å²) in [5.41, 5.74) is 1.05. The van der Waals surface area contributed by atoms with Crippen LogP contribution in [0, 0.1) is 18.4 Å². The van der Waals surface area contributed by atoms with Crippen molar-refractivity contribution in [1.29, 1.82) is 0 Å². The van der Waals surface area contributed by atoms with E-state index >= 15 is 0 Å². The van der Waals surface area contributed by atoms with E-state index in [1.165, 1.54) is 64.2 Å². The molecule has 0 aliphatic heterocycles. The van der Waals surface area contributed by atoms with E-state index in [0.29, 0.717) is 0 Å². The molecule has 0 bridgehead atoms. The molecule has 0 amide bonds. The van der Waals surface area contributed by atoms with Crippen molar-refractivity contribution in [2.75, 3.05) is 6.54 Å². The van der Waals surface area contributed by atoms with Gasteiger partial charge in [0.25, 0.3) is 0 Å². The maximum absolute atomic E-state index is 7.39. The van der Waals surface area contributed by atoms with Gasteiger partial charge in [-0.05, 0) is 0 Å². The first-order valence-electron chi connectivity index (χ1n) is 8.97. The van der Waals surface area contributed by atoms with Gasteiger partial charge in [-0.25, -0.2) is 0 Å². The van der Waals surface area contributed by atoms with Crippen molar-refractivity contribution in [2.45, 2.75) is 71.1 Å².